The molecule has 4 aromatic rings. The van der Waals surface area contributed by atoms with Gasteiger partial charge in [0.25, 0.3) is 5.91 Å². The normalized spacial score (nSPS) is 15.7. The molecule has 0 fully saturated rings. The first-order chi connectivity index (χ1) is 15.7. The van der Waals surface area contributed by atoms with Crippen LogP contribution in [0, 0.1) is 0 Å². The number of carbonyl (C=O) groups excluding carboxylic acids is 1. The second-order valence-electron chi connectivity index (χ2n) is 7.25. The monoisotopic (exact) mass is 460 g/mol. The molecule has 1 amide bonds. The number of aromatic nitrogens is 2. The van der Waals surface area contributed by atoms with Crippen LogP contribution in [0.15, 0.2) is 82.5 Å². The largest absolute Gasteiger partial charge is 0.497 e. The number of fused-ring (bicyclic) bond motifs is 1. The number of amides is 1. The van der Waals surface area contributed by atoms with Gasteiger partial charge in [-0.25, -0.2) is 15.0 Å². The Bertz CT molecular complexity index is 1270. The molecule has 2 aromatic heterocycles. The standard InChI is InChI=1S/C24H20N4O2S2/c1-30-18-9-7-17(8-10-18)21-13-20(16-5-3-2-4-6-16)27-28(21)22(29)14-32-24-19-11-12-31-23(19)25-15-26-24/h2-12,15,21H,13-14H2,1H3/t21-/m1/s1. The Balaban J connectivity index is 1.40. The van der Waals surface area contributed by atoms with Crippen molar-refractivity contribution in [1.29, 1.82) is 0 Å². The van der Waals surface area contributed by atoms with E-state index in [1.54, 1.807) is 29.8 Å². The van der Waals surface area contributed by atoms with Crippen LogP contribution in [-0.4, -0.2) is 39.5 Å². The first-order valence-electron chi connectivity index (χ1n) is 10.1. The highest BCUT2D eigenvalue weighted by Crippen LogP contribution is 2.35. The Morgan fingerprint density at radius 3 is 2.72 bits per heavy atom. The van der Waals surface area contributed by atoms with Crippen molar-refractivity contribution in [1.82, 2.24) is 15.0 Å². The van der Waals surface area contributed by atoms with E-state index in [1.807, 2.05) is 66.0 Å². The van der Waals surface area contributed by atoms with Gasteiger partial charge in [0.1, 0.15) is 21.9 Å². The lowest BCUT2D eigenvalue weighted by atomic mass is 9.98. The lowest BCUT2D eigenvalue weighted by molar-refractivity contribution is -0.130. The fourth-order valence-corrected chi connectivity index (χ4v) is 5.34. The van der Waals surface area contributed by atoms with Gasteiger partial charge in [0.05, 0.1) is 24.6 Å². The maximum absolute atomic E-state index is 13.3. The van der Waals surface area contributed by atoms with Crippen LogP contribution >= 0.6 is 23.1 Å². The van der Waals surface area contributed by atoms with E-state index < -0.39 is 0 Å². The summed E-state index contributed by atoms with van der Waals surface area (Å²) in [7, 11) is 1.64. The predicted molar refractivity (Wildman–Crippen MR) is 128 cm³/mol. The molecule has 0 bridgehead atoms. The Morgan fingerprint density at radius 1 is 1.12 bits per heavy atom. The highest BCUT2D eigenvalue weighted by Gasteiger charge is 2.33. The lowest BCUT2D eigenvalue weighted by Crippen LogP contribution is -2.28. The number of rotatable bonds is 6. The number of hydrogen-bond acceptors (Lipinski definition) is 7. The number of carbonyl (C=O) groups is 1. The molecule has 5 rings (SSSR count). The quantitative estimate of drug-likeness (QED) is 0.293. The topological polar surface area (TPSA) is 67.7 Å². The van der Waals surface area contributed by atoms with Gasteiger partial charge < -0.3 is 4.74 Å². The molecule has 0 saturated heterocycles. The van der Waals surface area contributed by atoms with Crippen molar-refractivity contribution in [3.8, 4) is 5.75 Å². The van der Waals surface area contributed by atoms with E-state index in [4.69, 9.17) is 9.84 Å². The van der Waals surface area contributed by atoms with Crippen LogP contribution in [-0.2, 0) is 4.79 Å². The Kier molecular flexibility index (Phi) is 5.87. The lowest BCUT2D eigenvalue weighted by Gasteiger charge is -2.22. The van der Waals surface area contributed by atoms with Crippen molar-refractivity contribution < 1.29 is 9.53 Å². The predicted octanol–water partition coefficient (Wildman–Crippen LogP) is 5.17. The molecule has 160 valence electrons. The second-order valence-corrected chi connectivity index (χ2v) is 9.11. The van der Waals surface area contributed by atoms with E-state index in [1.165, 1.54) is 11.8 Å². The van der Waals surface area contributed by atoms with Gasteiger partial charge in [-0.15, -0.1) is 11.3 Å². The summed E-state index contributed by atoms with van der Waals surface area (Å²) in [5.74, 6) is 0.983. The molecular formula is C24H20N4O2S2. The van der Waals surface area contributed by atoms with Gasteiger partial charge in [0.15, 0.2) is 0 Å². The van der Waals surface area contributed by atoms with Gasteiger partial charge >= 0.3 is 0 Å². The number of nitrogens with zero attached hydrogens (tertiary/aromatic N) is 4. The number of hydrazone groups is 1. The van der Waals surface area contributed by atoms with E-state index in [0.717, 1.165) is 37.8 Å². The molecule has 0 unspecified atom stereocenters. The van der Waals surface area contributed by atoms with Gasteiger partial charge in [0, 0.05) is 11.8 Å². The zero-order valence-electron chi connectivity index (χ0n) is 17.3. The van der Waals surface area contributed by atoms with Crippen molar-refractivity contribution in [2.75, 3.05) is 12.9 Å². The molecule has 1 atom stereocenters. The molecule has 6 nitrogen and oxygen atoms in total. The highest BCUT2D eigenvalue weighted by atomic mass is 32.2. The van der Waals surface area contributed by atoms with Crippen molar-refractivity contribution >= 4 is 44.9 Å². The molecule has 3 heterocycles. The number of thioether (sulfide) groups is 1. The van der Waals surface area contributed by atoms with E-state index in [-0.39, 0.29) is 17.7 Å². The van der Waals surface area contributed by atoms with Gasteiger partial charge in [-0.2, -0.15) is 5.10 Å². The summed E-state index contributed by atoms with van der Waals surface area (Å²) in [6.07, 6.45) is 2.21. The third kappa shape index (κ3) is 4.11. The first kappa shape index (κ1) is 20.7. The third-order valence-corrected chi connectivity index (χ3v) is 7.14. The van der Waals surface area contributed by atoms with Crippen molar-refractivity contribution in [3.05, 3.63) is 83.5 Å². The number of hydrogen-bond donors (Lipinski definition) is 0. The summed E-state index contributed by atoms with van der Waals surface area (Å²) in [6, 6.07) is 19.7. The Labute approximate surface area is 194 Å². The summed E-state index contributed by atoms with van der Waals surface area (Å²) >= 11 is 2.99. The molecule has 0 saturated carbocycles. The summed E-state index contributed by atoms with van der Waals surface area (Å²) in [4.78, 5) is 22.9. The number of benzene rings is 2. The summed E-state index contributed by atoms with van der Waals surface area (Å²) in [6.45, 7) is 0. The van der Waals surface area contributed by atoms with Crippen molar-refractivity contribution in [2.45, 2.75) is 17.5 Å². The second kappa shape index (κ2) is 9.10. The molecule has 0 aliphatic carbocycles. The van der Waals surface area contributed by atoms with Crippen LogP contribution in [0.2, 0.25) is 0 Å². The van der Waals surface area contributed by atoms with Crippen LogP contribution in [0.1, 0.15) is 23.6 Å². The summed E-state index contributed by atoms with van der Waals surface area (Å²) < 4.78 is 5.29. The van der Waals surface area contributed by atoms with Gasteiger partial charge in [-0.1, -0.05) is 54.2 Å². The minimum absolute atomic E-state index is 0.0521. The van der Waals surface area contributed by atoms with E-state index in [2.05, 4.69) is 9.97 Å². The number of ether oxygens (including phenoxy) is 1. The molecule has 0 spiro atoms. The van der Waals surface area contributed by atoms with Gasteiger partial charge in [0.2, 0.25) is 0 Å². The van der Waals surface area contributed by atoms with Crippen LogP contribution in [0.3, 0.4) is 0 Å². The van der Waals surface area contributed by atoms with Crippen LogP contribution in [0.25, 0.3) is 10.2 Å². The van der Waals surface area contributed by atoms with Gasteiger partial charge in [-0.05, 0) is 34.7 Å². The van der Waals surface area contributed by atoms with E-state index in [0.29, 0.717) is 6.42 Å². The minimum atomic E-state index is -0.157. The highest BCUT2D eigenvalue weighted by molar-refractivity contribution is 8.00. The number of methoxy groups -OCH3 is 1. The van der Waals surface area contributed by atoms with Crippen LogP contribution in [0.5, 0.6) is 5.75 Å². The molecule has 0 N–H and O–H groups in total. The SMILES string of the molecule is COc1ccc([C@H]2CC(c3ccccc3)=NN2C(=O)CSc2ncnc3sccc23)cc1. The molecule has 1 aliphatic rings. The van der Waals surface area contributed by atoms with Crippen LogP contribution in [0.4, 0.5) is 0 Å². The Hall–Kier alpha value is -3.23. The average Bonchev–Trinajstić information content (AvgIpc) is 3.51. The van der Waals surface area contributed by atoms with E-state index >= 15 is 0 Å². The molecule has 2 aromatic carbocycles. The third-order valence-electron chi connectivity index (χ3n) is 5.33. The zero-order chi connectivity index (χ0) is 21.9. The molecule has 0 radical (unpaired) electrons. The number of thiophene rings is 1. The van der Waals surface area contributed by atoms with Crippen molar-refractivity contribution in [2.24, 2.45) is 5.10 Å². The molecular weight excluding hydrogens is 440 g/mol. The zero-order valence-corrected chi connectivity index (χ0v) is 19.0. The summed E-state index contributed by atoms with van der Waals surface area (Å²) in [5, 5.41) is 10.2. The van der Waals surface area contributed by atoms with Gasteiger partial charge in [-0.3, -0.25) is 4.79 Å². The average molecular weight is 461 g/mol. The minimum Gasteiger partial charge on any atom is -0.497 e. The maximum atomic E-state index is 13.3. The fraction of sp³-hybridized carbons (Fsp3) is 0.167. The van der Waals surface area contributed by atoms with Crippen molar-refractivity contribution in [3.63, 3.8) is 0 Å². The molecule has 8 heteroatoms. The van der Waals surface area contributed by atoms with Crippen LogP contribution < -0.4 is 4.74 Å². The Morgan fingerprint density at radius 2 is 1.94 bits per heavy atom. The first-order valence-corrected chi connectivity index (χ1v) is 12.0. The molecule has 1 aliphatic heterocycles. The smallest absolute Gasteiger partial charge is 0.253 e. The van der Waals surface area contributed by atoms with E-state index in [9.17, 15) is 4.79 Å². The summed E-state index contributed by atoms with van der Waals surface area (Å²) in [5.41, 5.74) is 2.97. The maximum Gasteiger partial charge on any atom is 0.253 e. The molecule has 32 heavy (non-hydrogen) atoms. The fourth-order valence-electron chi connectivity index (χ4n) is 3.71.